The normalized spacial score (nSPS) is 18.2. The summed E-state index contributed by atoms with van der Waals surface area (Å²) in [6.07, 6.45) is -3.45. The lowest BCUT2D eigenvalue weighted by Gasteiger charge is -2.31. The molecule has 0 bridgehead atoms. The van der Waals surface area contributed by atoms with Crippen molar-refractivity contribution in [2.24, 2.45) is 5.92 Å². The number of carbonyl (C=O) groups excluding carboxylic acids is 2. The number of hydrogen-bond acceptors (Lipinski definition) is 4. The lowest BCUT2D eigenvalue weighted by Crippen LogP contribution is -2.42. The number of esters is 1. The maximum atomic E-state index is 12.4. The van der Waals surface area contributed by atoms with Crippen molar-refractivity contribution in [1.82, 2.24) is 4.90 Å². The van der Waals surface area contributed by atoms with E-state index in [1.807, 2.05) is 0 Å². The highest BCUT2D eigenvalue weighted by molar-refractivity contribution is 5.94. The van der Waals surface area contributed by atoms with Crippen LogP contribution in [0, 0.1) is 5.92 Å². The number of rotatable bonds is 4. The molecular weight excluding hydrogens is 327 g/mol. The van der Waals surface area contributed by atoms with Crippen LogP contribution in [0.4, 0.5) is 13.2 Å². The van der Waals surface area contributed by atoms with Crippen LogP contribution in [0.1, 0.15) is 30.1 Å². The fourth-order valence-corrected chi connectivity index (χ4v) is 2.60. The van der Waals surface area contributed by atoms with E-state index in [1.165, 1.54) is 17.0 Å². The number of alkyl halides is 3. The van der Waals surface area contributed by atoms with Gasteiger partial charge in [0.1, 0.15) is 5.75 Å². The number of piperidine rings is 1. The van der Waals surface area contributed by atoms with Crippen LogP contribution < -0.4 is 4.74 Å². The van der Waals surface area contributed by atoms with Crippen LogP contribution in [-0.4, -0.2) is 42.8 Å². The Hall–Kier alpha value is -2.25. The summed E-state index contributed by atoms with van der Waals surface area (Å²) in [4.78, 5) is 25.7. The Balaban J connectivity index is 2.01. The highest BCUT2D eigenvalue weighted by atomic mass is 19.4. The molecule has 1 saturated heterocycles. The van der Waals surface area contributed by atoms with E-state index >= 15 is 0 Å². The van der Waals surface area contributed by atoms with Crippen LogP contribution in [0.5, 0.6) is 5.75 Å². The Morgan fingerprint density at radius 3 is 2.50 bits per heavy atom. The average molecular weight is 345 g/mol. The largest absolute Gasteiger partial charge is 0.573 e. The number of likely N-dealkylation sites (tertiary alicyclic amines) is 1. The maximum Gasteiger partial charge on any atom is 0.573 e. The van der Waals surface area contributed by atoms with Gasteiger partial charge in [-0.2, -0.15) is 0 Å². The second kappa shape index (κ2) is 7.55. The first-order valence-electron chi connectivity index (χ1n) is 7.62. The van der Waals surface area contributed by atoms with Gasteiger partial charge in [0.2, 0.25) is 0 Å². The van der Waals surface area contributed by atoms with Gasteiger partial charge >= 0.3 is 12.3 Å². The summed E-state index contributed by atoms with van der Waals surface area (Å²) in [6, 6.07) is 4.73. The number of nitrogens with zero attached hydrogens (tertiary/aromatic N) is 1. The molecule has 0 radical (unpaired) electrons. The van der Waals surface area contributed by atoms with Crippen molar-refractivity contribution in [1.29, 1.82) is 0 Å². The summed E-state index contributed by atoms with van der Waals surface area (Å²) < 4.78 is 45.1. The smallest absolute Gasteiger partial charge is 0.466 e. The van der Waals surface area contributed by atoms with Crippen molar-refractivity contribution in [3.63, 3.8) is 0 Å². The first-order valence-corrected chi connectivity index (χ1v) is 7.62. The first kappa shape index (κ1) is 18.1. The van der Waals surface area contributed by atoms with E-state index in [9.17, 15) is 22.8 Å². The van der Waals surface area contributed by atoms with Crippen LogP contribution >= 0.6 is 0 Å². The van der Waals surface area contributed by atoms with Gasteiger partial charge in [-0.25, -0.2) is 0 Å². The van der Waals surface area contributed by atoms with Gasteiger partial charge in [0, 0.05) is 18.7 Å². The fraction of sp³-hybridized carbons (Fsp3) is 0.500. The van der Waals surface area contributed by atoms with Gasteiger partial charge < -0.3 is 14.4 Å². The minimum atomic E-state index is -4.77. The molecule has 1 heterocycles. The summed E-state index contributed by atoms with van der Waals surface area (Å²) in [7, 11) is 0. The Kier molecular flexibility index (Phi) is 5.69. The molecule has 2 rings (SSSR count). The quantitative estimate of drug-likeness (QED) is 0.787. The predicted octanol–water partition coefficient (Wildman–Crippen LogP) is 3.00. The summed E-state index contributed by atoms with van der Waals surface area (Å²) in [5, 5.41) is 0. The van der Waals surface area contributed by atoms with E-state index in [0.717, 1.165) is 12.1 Å². The Bertz CT molecular complexity index is 586. The SMILES string of the molecule is CCOC(=O)[C@@H]1CCCN(C(=O)c2ccc(OC(F)(F)F)cc2)C1. The second-order valence-corrected chi connectivity index (χ2v) is 5.41. The van der Waals surface area contributed by atoms with Crippen molar-refractivity contribution in [2.75, 3.05) is 19.7 Å². The molecule has 1 aliphatic rings. The van der Waals surface area contributed by atoms with Crippen molar-refractivity contribution in [3.05, 3.63) is 29.8 Å². The van der Waals surface area contributed by atoms with E-state index < -0.39 is 6.36 Å². The number of amides is 1. The molecule has 1 amide bonds. The number of carbonyl (C=O) groups is 2. The van der Waals surface area contributed by atoms with Gasteiger partial charge in [-0.3, -0.25) is 9.59 Å². The second-order valence-electron chi connectivity index (χ2n) is 5.41. The molecule has 1 fully saturated rings. The molecule has 24 heavy (non-hydrogen) atoms. The van der Waals surface area contributed by atoms with Gasteiger partial charge in [-0.1, -0.05) is 0 Å². The average Bonchev–Trinajstić information content (AvgIpc) is 2.54. The summed E-state index contributed by atoms with van der Waals surface area (Å²) in [5.74, 6) is -1.41. The predicted molar refractivity (Wildman–Crippen MR) is 78.4 cm³/mol. The van der Waals surface area contributed by atoms with Crippen molar-refractivity contribution in [3.8, 4) is 5.75 Å². The Morgan fingerprint density at radius 2 is 1.92 bits per heavy atom. The highest BCUT2D eigenvalue weighted by Crippen LogP contribution is 2.24. The van der Waals surface area contributed by atoms with Gasteiger partial charge in [0.05, 0.1) is 12.5 Å². The zero-order valence-corrected chi connectivity index (χ0v) is 13.1. The molecule has 1 aromatic carbocycles. The highest BCUT2D eigenvalue weighted by Gasteiger charge is 2.32. The fourth-order valence-electron chi connectivity index (χ4n) is 2.60. The zero-order chi connectivity index (χ0) is 17.7. The van der Waals surface area contributed by atoms with Gasteiger partial charge in [0.25, 0.3) is 5.91 Å². The monoisotopic (exact) mass is 345 g/mol. The van der Waals surface area contributed by atoms with Crippen LogP contribution in [0.25, 0.3) is 0 Å². The van der Waals surface area contributed by atoms with Crippen LogP contribution in [0.15, 0.2) is 24.3 Å². The summed E-state index contributed by atoms with van der Waals surface area (Å²) in [5.41, 5.74) is 0.244. The molecule has 0 unspecified atom stereocenters. The third-order valence-corrected chi connectivity index (χ3v) is 3.66. The van der Waals surface area contributed by atoms with Gasteiger partial charge in [-0.15, -0.1) is 13.2 Å². The van der Waals surface area contributed by atoms with Crippen molar-refractivity contribution in [2.45, 2.75) is 26.1 Å². The van der Waals surface area contributed by atoms with Crippen LogP contribution in [0.3, 0.4) is 0 Å². The standard InChI is InChI=1S/C16H18F3NO4/c1-2-23-15(22)12-4-3-9-20(10-12)14(21)11-5-7-13(8-6-11)24-16(17,18)19/h5-8,12H,2-4,9-10H2,1H3/t12-/m1/s1. The van der Waals surface area contributed by atoms with E-state index in [0.29, 0.717) is 19.4 Å². The molecule has 5 nitrogen and oxygen atoms in total. The molecule has 1 aromatic rings. The number of ether oxygens (including phenoxy) is 2. The lowest BCUT2D eigenvalue weighted by molar-refractivity contribution is -0.274. The van der Waals surface area contributed by atoms with Crippen LogP contribution in [-0.2, 0) is 9.53 Å². The Labute approximate surface area is 137 Å². The minimum Gasteiger partial charge on any atom is -0.466 e. The first-order chi connectivity index (χ1) is 11.3. The third kappa shape index (κ3) is 4.87. The third-order valence-electron chi connectivity index (χ3n) is 3.66. The van der Waals surface area contributed by atoms with Gasteiger partial charge in [0.15, 0.2) is 0 Å². The molecule has 0 aliphatic carbocycles. The molecule has 1 aliphatic heterocycles. The topological polar surface area (TPSA) is 55.8 Å². The number of hydrogen-bond donors (Lipinski definition) is 0. The van der Waals surface area contributed by atoms with E-state index in [1.54, 1.807) is 6.92 Å². The zero-order valence-electron chi connectivity index (χ0n) is 13.1. The molecule has 0 aromatic heterocycles. The summed E-state index contributed by atoms with van der Waals surface area (Å²) in [6.45, 7) is 2.74. The molecule has 0 saturated carbocycles. The van der Waals surface area contributed by atoms with Crippen LogP contribution in [0.2, 0.25) is 0 Å². The number of halogens is 3. The molecular formula is C16H18F3NO4. The molecule has 1 atom stereocenters. The van der Waals surface area contributed by atoms with E-state index in [-0.39, 0.29) is 42.3 Å². The molecule has 0 N–H and O–H groups in total. The minimum absolute atomic E-state index is 0.244. The molecule has 132 valence electrons. The maximum absolute atomic E-state index is 12.4. The van der Waals surface area contributed by atoms with E-state index in [4.69, 9.17) is 4.74 Å². The van der Waals surface area contributed by atoms with Crippen molar-refractivity contribution >= 4 is 11.9 Å². The lowest BCUT2D eigenvalue weighted by atomic mass is 9.97. The van der Waals surface area contributed by atoms with E-state index in [2.05, 4.69) is 4.74 Å². The Morgan fingerprint density at radius 1 is 1.25 bits per heavy atom. The summed E-state index contributed by atoms with van der Waals surface area (Å²) >= 11 is 0. The molecule has 0 spiro atoms. The van der Waals surface area contributed by atoms with Gasteiger partial charge in [-0.05, 0) is 44.0 Å². The number of benzene rings is 1. The van der Waals surface area contributed by atoms with Crippen molar-refractivity contribution < 1.29 is 32.2 Å². The molecule has 8 heteroatoms.